The summed E-state index contributed by atoms with van der Waals surface area (Å²) < 4.78 is 0. The van der Waals surface area contributed by atoms with Crippen LogP contribution in [0.4, 0.5) is 0 Å². The number of rotatable bonds is 9. The Balaban J connectivity index is 4.19. The van der Waals surface area contributed by atoms with Crippen molar-refractivity contribution >= 4 is 11.8 Å². The van der Waals surface area contributed by atoms with Crippen LogP contribution in [-0.2, 0) is 14.5 Å². The van der Waals surface area contributed by atoms with E-state index in [-0.39, 0.29) is 24.0 Å². The molecule has 0 aliphatic carbocycles. The first-order chi connectivity index (χ1) is 9.00. The first kappa shape index (κ1) is 19.1. The van der Waals surface area contributed by atoms with Crippen molar-refractivity contribution in [1.29, 1.82) is 0 Å². The van der Waals surface area contributed by atoms with Crippen LogP contribution in [-0.4, -0.2) is 28.2 Å². The molecule has 0 aromatic carbocycles. The van der Waals surface area contributed by atoms with Crippen LogP contribution < -0.4 is 0 Å². The van der Waals surface area contributed by atoms with Crippen molar-refractivity contribution < 1.29 is 24.8 Å². The molecule has 0 saturated carbocycles. The Hall–Kier alpha value is -0.940. The number of carboxylic acid groups (broad SMARTS) is 1. The molecule has 0 spiro atoms. The predicted octanol–water partition coefficient (Wildman–Crippen LogP) is 3.52. The zero-order chi connectivity index (χ0) is 16.0. The quantitative estimate of drug-likeness (QED) is 0.501. The second-order valence-electron chi connectivity index (χ2n) is 7.11. The molecule has 0 bridgehead atoms. The molecular formula is C15H28O5. The van der Waals surface area contributed by atoms with Crippen LogP contribution in [0.15, 0.2) is 0 Å². The molecule has 0 aliphatic heterocycles. The summed E-state index contributed by atoms with van der Waals surface area (Å²) in [6, 6.07) is 0. The number of carboxylic acids is 1. The predicted molar refractivity (Wildman–Crippen MR) is 76.5 cm³/mol. The van der Waals surface area contributed by atoms with Crippen molar-refractivity contribution in [2.75, 3.05) is 0 Å². The van der Waals surface area contributed by atoms with Crippen LogP contribution in [0.25, 0.3) is 0 Å². The van der Waals surface area contributed by atoms with Gasteiger partial charge in [0.25, 0.3) is 0 Å². The molecule has 5 heteroatoms. The number of Topliss-reactive ketones (excluding diaryl/α,β-unsaturated/α-hetero) is 1. The average Bonchev–Trinajstić information content (AvgIpc) is 2.27. The van der Waals surface area contributed by atoms with Crippen molar-refractivity contribution in [2.45, 2.75) is 72.8 Å². The minimum atomic E-state index is -1.22. The van der Waals surface area contributed by atoms with E-state index in [4.69, 9.17) is 10.4 Å². The highest BCUT2D eigenvalue weighted by Crippen LogP contribution is 2.27. The Morgan fingerprint density at radius 2 is 1.65 bits per heavy atom. The number of hydrogen-bond donors (Lipinski definition) is 2. The zero-order valence-corrected chi connectivity index (χ0v) is 13.2. The average molecular weight is 288 g/mol. The molecule has 0 fully saturated rings. The Morgan fingerprint density at radius 3 is 2.05 bits per heavy atom. The van der Waals surface area contributed by atoms with Gasteiger partial charge in [0.15, 0.2) is 0 Å². The first-order valence-corrected chi connectivity index (χ1v) is 7.06. The van der Waals surface area contributed by atoms with Gasteiger partial charge < -0.3 is 5.11 Å². The summed E-state index contributed by atoms with van der Waals surface area (Å²) in [6.45, 7) is 9.33. The SMILES string of the molecule is CC(C)(C)CCCC(=O)CCC(OO)C(C)(C)C(=O)O. The van der Waals surface area contributed by atoms with E-state index in [0.717, 1.165) is 12.8 Å². The second-order valence-corrected chi connectivity index (χ2v) is 7.11. The number of ketones is 1. The van der Waals surface area contributed by atoms with Crippen LogP contribution in [0.1, 0.15) is 66.7 Å². The molecule has 5 nitrogen and oxygen atoms in total. The molecule has 0 radical (unpaired) electrons. The highest BCUT2D eigenvalue weighted by molar-refractivity contribution is 5.78. The van der Waals surface area contributed by atoms with E-state index < -0.39 is 17.5 Å². The maximum Gasteiger partial charge on any atom is 0.311 e. The summed E-state index contributed by atoms with van der Waals surface area (Å²) in [4.78, 5) is 27.1. The van der Waals surface area contributed by atoms with E-state index in [1.54, 1.807) is 0 Å². The van der Waals surface area contributed by atoms with Gasteiger partial charge in [0, 0.05) is 12.8 Å². The summed E-state index contributed by atoms with van der Waals surface area (Å²) in [5, 5.41) is 17.9. The summed E-state index contributed by atoms with van der Waals surface area (Å²) in [5.74, 6) is -0.978. The minimum Gasteiger partial charge on any atom is -0.481 e. The maximum absolute atomic E-state index is 11.8. The fourth-order valence-corrected chi connectivity index (χ4v) is 1.92. The molecule has 2 N–H and O–H groups in total. The maximum atomic E-state index is 11.8. The van der Waals surface area contributed by atoms with E-state index in [9.17, 15) is 9.59 Å². The van der Waals surface area contributed by atoms with Gasteiger partial charge in [-0.1, -0.05) is 20.8 Å². The molecular weight excluding hydrogens is 260 g/mol. The van der Waals surface area contributed by atoms with Crippen molar-refractivity contribution in [3.05, 3.63) is 0 Å². The topological polar surface area (TPSA) is 83.8 Å². The minimum absolute atomic E-state index is 0.0810. The molecule has 0 amide bonds. The van der Waals surface area contributed by atoms with Gasteiger partial charge in [-0.05, 0) is 38.5 Å². The molecule has 0 aromatic heterocycles. The van der Waals surface area contributed by atoms with E-state index in [2.05, 4.69) is 25.7 Å². The number of carbonyl (C=O) groups is 2. The lowest BCUT2D eigenvalue weighted by molar-refractivity contribution is -0.300. The van der Waals surface area contributed by atoms with Gasteiger partial charge in [-0.2, -0.15) is 0 Å². The Bertz CT molecular complexity index is 328. The first-order valence-electron chi connectivity index (χ1n) is 7.06. The standard InChI is InChI=1S/C15H28O5/c1-14(2,3)10-6-7-11(16)8-9-12(20-19)15(4,5)13(17)18/h12,19H,6-10H2,1-5H3,(H,17,18). The largest absolute Gasteiger partial charge is 0.481 e. The van der Waals surface area contributed by atoms with Gasteiger partial charge in [0.2, 0.25) is 0 Å². The fourth-order valence-electron chi connectivity index (χ4n) is 1.92. The highest BCUT2D eigenvalue weighted by Gasteiger charge is 2.38. The molecule has 0 saturated heterocycles. The van der Waals surface area contributed by atoms with E-state index in [1.165, 1.54) is 13.8 Å². The Morgan fingerprint density at radius 1 is 1.10 bits per heavy atom. The smallest absolute Gasteiger partial charge is 0.311 e. The summed E-state index contributed by atoms with van der Waals surface area (Å²) >= 11 is 0. The van der Waals surface area contributed by atoms with Crippen LogP contribution >= 0.6 is 0 Å². The van der Waals surface area contributed by atoms with Gasteiger partial charge in [0.05, 0.1) is 5.41 Å². The van der Waals surface area contributed by atoms with Gasteiger partial charge in [-0.3, -0.25) is 14.8 Å². The van der Waals surface area contributed by atoms with Gasteiger partial charge in [-0.15, -0.1) is 0 Å². The zero-order valence-electron chi connectivity index (χ0n) is 13.2. The number of carbonyl (C=O) groups excluding carboxylic acids is 1. The van der Waals surface area contributed by atoms with Crippen molar-refractivity contribution in [3.8, 4) is 0 Å². The Labute approximate surface area is 121 Å². The van der Waals surface area contributed by atoms with E-state index in [0.29, 0.717) is 6.42 Å². The lowest BCUT2D eigenvalue weighted by Gasteiger charge is -2.27. The lowest BCUT2D eigenvalue weighted by atomic mass is 9.83. The van der Waals surface area contributed by atoms with Gasteiger partial charge in [-0.25, -0.2) is 4.89 Å². The van der Waals surface area contributed by atoms with E-state index >= 15 is 0 Å². The monoisotopic (exact) mass is 288 g/mol. The number of hydrogen-bond acceptors (Lipinski definition) is 4. The highest BCUT2D eigenvalue weighted by atomic mass is 17.1. The lowest BCUT2D eigenvalue weighted by Crippen LogP contribution is -2.38. The van der Waals surface area contributed by atoms with E-state index in [1.807, 2.05) is 0 Å². The van der Waals surface area contributed by atoms with Crippen LogP contribution in [0.2, 0.25) is 0 Å². The third-order valence-corrected chi connectivity index (χ3v) is 3.55. The molecule has 118 valence electrons. The Kier molecular flexibility index (Phi) is 7.38. The molecule has 1 unspecified atom stereocenters. The van der Waals surface area contributed by atoms with Crippen LogP contribution in [0.5, 0.6) is 0 Å². The fraction of sp³-hybridized carbons (Fsp3) is 0.867. The third kappa shape index (κ3) is 7.01. The van der Waals surface area contributed by atoms with Crippen molar-refractivity contribution in [2.24, 2.45) is 10.8 Å². The third-order valence-electron chi connectivity index (χ3n) is 3.55. The van der Waals surface area contributed by atoms with Crippen LogP contribution in [0.3, 0.4) is 0 Å². The summed E-state index contributed by atoms with van der Waals surface area (Å²) in [5.41, 5.74) is -1.01. The summed E-state index contributed by atoms with van der Waals surface area (Å²) in [7, 11) is 0. The van der Waals surface area contributed by atoms with Crippen molar-refractivity contribution in [1.82, 2.24) is 0 Å². The molecule has 0 rings (SSSR count). The molecule has 0 heterocycles. The normalized spacial score (nSPS) is 14.1. The number of aliphatic carboxylic acids is 1. The second kappa shape index (κ2) is 7.74. The molecule has 0 aromatic rings. The van der Waals surface area contributed by atoms with Crippen LogP contribution in [0, 0.1) is 10.8 Å². The van der Waals surface area contributed by atoms with Crippen molar-refractivity contribution in [3.63, 3.8) is 0 Å². The molecule has 20 heavy (non-hydrogen) atoms. The summed E-state index contributed by atoms with van der Waals surface area (Å²) in [6.07, 6.45) is 1.85. The molecule has 1 atom stereocenters. The molecule has 0 aliphatic rings. The van der Waals surface area contributed by atoms with Gasteiger partial charge >= 0.3 is 5.97 Å². The van der Waals surface area contributed by atoms with Gasteiger partial charge in [0.1, 0.15) is 11.9 Å².